The minimum absolute atomic E-state index is 0.0922. The molecule has 2 aliphatic heterocycles. The van der Waals surface area contributed by atoms with E-state index in [-0.39, 0.29) is 11.4 Å². The second-order valence-corrected chi connectivity index (χ2v) is 8.00. The minimum atomic E-state index is 0.0922. The van der Waals surface area contributed by atoms with Gasteiger partial charge in [0.25, 0.3) is 0 Å². The van der Waals surface area contributed by atoms with Crippen LogP contribution in [0.25, 0.3) is 0 Å². The van der Waals surface area contributed by atoms with Gasteiger partial charge in [0.1, 0.15) is 0 Å². The summed E-state index contributed by atoms with van der Waals surface area (Å²) >= 11 is 0. The number of nitrogens with one attached hydrogen (secondary N) is 1. The number of urea groups is 1. The van der Waals surface area contributed by atoms with E-state index in [4.69, 9.17) is 4.74 Å². The molecule has 1 saturated carbocycles. The number of hydrogen-bond donors (Lipinski definition) is 1. The molecule has 1 saturated heterocycles. The average molecular weight is 343 g/mol. The Hall–Kier alpha value is -1.59. The quantitative estimate of drug-likeness (QED) is 0.912. The number of carbonyl (C=O) groups is 1. The van der Waals surface area contributed by atoms with Gasteiger partial charge in [-0.25, -0.2) is 4.79 Å². The number of benzene rings is 1. The molecule has 1 N–H and O–H groups in total. The molecule has 136 valence electrons. The van der Waals surface area contributed by atoms with Crippen molar-refractivity contribution in [1.82, 2.24) is 15.1 Å². The number of carbonyl (C=O) groups excluding carboxylic acids is 1. The Morgan fingerprint density at radius 1 is 1.28 bits per heavy atom. The van der Waals surface area contributed by atoms with Gasteiger partial charge in [0, 0.05) is 44.7 Å². The summed E-state index contributed by atoms with van der Waals surface area (Å²) in [4.78, 5) is 17.1. The van der Waals surface area contributed by atoms with Crippen LogP contribution in [0.2, 0.25) is 0 Å². The van der Waals surface area contributed by atoms with E-state index in [1.165, 1.54) is 24.0 Å². The largest absolute Gasteiger partial charge is 0.379 e. The average Bonchev–Trinajstić information content (AvgIpc) is 3.40. The zero-order valence-corrected chi connectivity index (χ0v) is 15.2. The normalized spacial score (nSPS) is 23.2. The molecule has 2 heterocycles. The van der Waals surface area contributed by atoms with Gasteiger partial charge in [-0.3, -0.25) is 4.90 Å². The van der Waals surface area contributed by atoms with Gasteiger partial charge in [-0.2, -0.15) is 0 Å². The maximum Gasteiger partial charge on any atom is 0.317 e. The summed E-state index contributed by atoms with van der Waals surface area (Å²) in [6, 6.07) is 8.73. The molecule has 1 aromatic carbocycles. The van der Waals surface area contributed by atoms with E-state index >= 15 is 0 Å². The molecule has 1 aliphatic carbocycles. The first-order valence-corrected chi connectivity index (χ1v) is 9.58. The second kappa shape index (κ2) is 6.96. The van der Waals surface area contributed by atoms with Gasteiger partial charge in [-0.05, 0) is 29.9 Å². The van der Waals surface area contributed by atoms with Crippen LogP contribution in [-0.4, -0.2) is 61.8 Å². The predicted octanol–water partition coefficient (Wildman–Crippen LogP) is 2.21. The third-order valence-electron chi connectivity index (χ3n) is 5.86. The highest BCUT2D eigenvalue weighted by molar-refractivity contribution is 5.75. The Kier molecular flexibility index (Phi) is 4.69. The smallest absolute Gasteiger partial charge is 0.317 e. The highest BCUT2D eigenvalue weighted by atomic mass is 16.5. The summed E-state index contributed by atoms with van der Waals surface area (Å²) in [5, 5.41) is 3.17. The van der Waals surface area contributed by atoms with E-state index < -0.39 is 0 Å². The zero-order valence-electron chi connectivity index (χ0n) is 15.2. The van der Waals surface area contributed by atoms with E-state index in [9.17, 15) is 4.79 Å². The fourth-order valence-corrected chi connectivity index (χ4v) is 4.27. The van der Waals surface area contributed by atoms with E-state index in [1.807, 2.05) is 4.90 Å². The summed E-state index contributed by atoms with van der Waals surface area (Å²) in [6.45, 7) is 9.24. The number of ether oxygens (including phenoxy) is 1. The molecule has 25 heavy (non-hydrogen) atoms. The molecular weight excluding hydrogens is 314 g/mol. The van der Waals surface area contributed by atoms with Crippen molar-refractivity contribution in [3.63, 3.8) is 0 Å². The van der Waals surface area contributed by atoms with E-state index in [0.29, 0.717) is 5.92 Å². The van der Waals surface area contributed by atoms with Crippen LogP contribution >= 0.6 is 0 Å². The number of morpholine rings is 1. The number of nitrogens with zero attached hydrogens (tertiary/aromatic N) is 2. The minimum Gasteiger partial charge on any atom is -0.379 e. The van der Waals surface area contributed by atoms with Crippen LogP contribution in [0.1, 0.15) is 30.9 Å². The lowest BCUT2D eigenvalue weighted by molar-refractivity contribution is 0.0318. The topological polar surface area (TPSA) is 44.8 Å². The molecule has 5 heteroatoms. The molecular formula is C20H29N3O2. The Labute approximate surface area is 150 Å². The Balaban J connectivity index is 1.30. The van der Waals surface area contributed by atoms with Crippen LogP contribution < -0.4 is 5.32 Å². The van der Waals surface area contributed by atoms with Crippen LogP contribution in [-0.2, 0) is 16.7 Å². The van der Waals surface area contributed by atoms with Crippen molar-refractivity contribution in [1.29, 1.82) is 0 Å². The van der Waals surface area contributed by atoms with Crippen LogP contribution in [0.3, 0.4) is 0 Å². The molecule has 2 fully saturated rings. The van der Waals surface area contributed by atoms with Crippen LogP contribution in [0, 0.1) is 5.92 Å². The highest BCUT2D eigenvalue weighted by Gasteiger charge is 2.49. The fraction of sp³-hybridized carbons (Fsp3) is 0.650. The van der Waals surface area contributed by atoms with Gasteiger partial charge in [0.05, 0.1) is 13.2 Å². The molecule has 2 amide bonds. The number of fused-ring (bicyclic) bond motifs is 2. The van der Waals surface area contributed by atoms with Crippen molar-refractivity contribution in [3.05, 3.63) is 35.4 Å². The Morgan fingerprint density at radius 2 is 2.04 bits per heavy atom. The van der Waals surface area contributed by atoms with Crippen molar-refractivity contribution >= 4 is 6.03 Å². The highest BCUT2D eigenvalue weighted by Crippen LogP contribution is 2.52. The molecule has 1 atom stereocenters. The Bertz CT molecular complexity index is 623. The van der Waals surface area contributed by atoms with Gasteiger partial charge < -0.3 is 15.0 Å². The lowest BCUT2D eigenvalue weighted by atomic mass is 9.87. The molecule has 4 rings (SSSR count). The van der Waals surface area contributed by atoms with Crippen molar-refractivity contribution in [3.8, 4) is 0 Å². The first-order chi connectivity index (χ1) is 12.2. The molecule has 0 aromatic heterocycles. The van der Waals surface area contributed by atoms with Gasteiger partial charge in [0.15, 0.2) is 0 Å². The first kappa shape index (κ1) is 16.9. The Morgan fingerprint density at radius 3 is 2.80 bits per heavy atom. The monoisotopic (exact) mass is 343 g/mol. The summed E-state index contributed by atoms with van der Waals surface area (Å²) in [7, 11) is 0. The lowest BCUT2D eigenvalue weighted by Gasteiger charge is -2.35. The van der Waals surface area contributed by atoms with E-state index in [2.05, 4.69) is 41.4 Å². The molecule has 1 spiro atoms. The van der Waals surface area contributed by atoms with Crippen molar-refractivity contribution in [2.75, 3.05) is 45.9 Å². The van der Waals surface area contributed by atoms with Gasteiger partial charge in [0.2, 0.25) is 0 Å². The van der Waals surface area contributed by atoms with Crippen molar-refractivity contribution in [2.24, 2.45) is 5.92 Å². The van der Waals surface area contributed by atoms with Crippen LogP contribution in [0.4, 0.5) is 4.79 Å². The molecule has 0 bridgehead atoms. The SMILES string of the molecule is C[C@@H](CNC(=O)N1Cc2ccccc2C2(CC2)C1)CN1CCOCC1. The summed E-state index contributed by atoms with van der Waals surface area (Å²) in [6.07, 6.45) is 2.42. The fourth-order valence-electron chi connectivity index (χ4n) is 4.27. The van der Waals surface area contributed by atoms with Crippen molar-refractivity contribution in [2.45, 2.75) is 31.7 Å². The number of hydrogen-bond acceptors (Lipinski definition) is 3. The van der Waals surface area contributed by atoms with Gasteiger partial charge >= 0.3 is 6.03 Å². The van der Waals surface area contributed by atoms with Gasteiger partial charge in [-0.15, -0.1) is 0 Å². The summed E-state index contributed by atoms with van der Waals surface area (Å²) < 4.78 is 5.39. The summed E-state index contributed by atoms with van der Waals surface area (Å²) in [5.74, 6) is 0.453. The number of amides is 2. The number of rotatable bonds is 4. The predicted molar refractivity (Wildman–Crippen MR) is 97.6 cm³/mol. The molecule has 1 aromatic rings. The third kappa shape index (κ3) is 3.67. The molecule has 3 aliphatic rings. The maximum atomic E-state index is 12.7. The summed E-state index contributed by atoms with van der Waals surface area (Å²) in [5.41, 5.74) is 3.04. The molecule has 0 unspecified atom stereocenters. The first-order valence-electron chi connectivity index (χ1n) is 9.58. The zero-order chi connectivity index (χ0) is 17.3. The van der Waals surface area contributed by atoms with Crippen LogP contribution in [0.15, 0.2) is 24.3 Å². The van der Waals surface area contributed by atoms with Crippen LogP contribution in [0.5, 0.6) is 0 Å². The van der Waals surface area contributed by atoms with Crippen molar-refractivity contribution < 1.29 is 9.53 Å². The third-order valence-corrected chi connectivity index (χ3v) is 5.86. The molecule has 0 radical (unpaired) electrons. The van der Waals surface area contributed by atoms with E-state index in [0.717, 1.165) is 52.5 Å². The van der Waals surface area contributed by atoms with E-state index in [1.54, 1.807) is 0 Å². The lowest BCUT2D eigenvalue weighted by Crippen LogP contribution is -2.48. The maximum absolute atomic E-state index is 12.7. The standard InChI is InChI=1S/C20H29N3O2/c1-16(13-22-8-10-25-11-9-22)12-21-19(24)23-14-17-4-2-3-5-18(17)20(15-23)6-7-20/h2-5,16H,6-15H2,1H3,(H,21,24)/t16-/m0/s1. The molecule has 5 nitrogen and oxygen atoms in total. The van der Waals surface area contributed by atoms with Gasteiger partial charge in [-0.1, -0.05) is 31.2 Å². The second-order valence-electron chi connectivity index (χ2n) is 8.00.